The first-order valence-corrected chi connectivity index (χ1v) is 9.87. The van der Waals surface area contributed by atoms with E-state index >= 15 is 0 Å². The number of anilines is 1. The number of carbonyl (C=O) groups excluding carboxylic acids is 1. The van der Waals surface area contributed by atoms with Gasteiger partial charge >= 0.3 is 0 Å². The van der Waals surface area contributed by atoms with Gasteiger partial charge in [-0.05, 0) is 49.2 Å². The van der Waals surface area contributed by atoms with Gasteiger partial charge in [-0.1, -0.05) is 26.0 Å². The lowest BCUT2D eigenvalue weighted by Gasteiger charge is -2.19. The van der Waals surface area contributed by atoms with E-state index in [0.29, 0.717) is 18.7 Å². The number of phenols is 1. The number of sulfonamides is 1. The fraction of sp³-hybridized carbons (Fsp3) is 0.316. The molecule has 0 fully saturated rings. The highest BCUT2D eigenvalue weighted by Gasteiger charge is 2.23. The van der Waals surface area contributed by atoms with Crippen LogP contribution in [0.5, 0.6) is 5.75 Å². The van der Waals surface area contributed by atoms with Crippen LogP contribution in [0.2, 0.25) is 0 Å². The largest absolute Gasteiger partial charge is 0.506 e. The first-order chi connectivity index (χ1) is 12.2. The van der Waals surface area contributed by atoms with Crippen molar-refractivity contribution in [3.8, 4) is 5.75 Å². The number of phenolic OH excluding ortho intramolecular Hbond substituents is 1. The van der Waals surface area contributed by atoms with Gasteiger partial charge in [-0.25, -0.2) is 8.42 Å². The van der Waals surface area contributed by atoms with Gasteiger partial charge in [-0.15, -0.1) is 0 Å². The van der Waals surface area contributed by atoms with Crippen LogP contribution in [0.25, 0.3) is 0 Å². The number of carbonyl (C=O) groups is 1. The van der Waals surface area contributed by atoms with Gasteiger partial charge in [0.15, 0.2) is 0 Å². The van der Waals surface area contributed by atoms with Crippen molar-refractivity contribution in [1.29, 1.82) is 0 Å². The van der Waals surface area contributed by atoms with E-state index in [-0.39, 0.29) is 16.3 Å². The Morgan fingerprint density at radius 3 is 2.38 bits per heavy atom. The van der Waals surface area contributed by atoms with E-state index in [0.717, 1.165) is 11.1 Å². The van der Waals surface area contributed by atoms with E-state index in [1.165, 1.54) is 22.5 Å². The summed E-state index contributed by atoms with van der Waals surface area (Å²) in [6.45, 7) is 7.93. The van der Waals surface area contributed by atoms with Crippen LogP contribution in [-0.4, -0.2) is 36.8 Å². The molecule has 0 aromatic heterocycles. The fourth-order valence-corrected chi connectivity index (χ4v) is 4.16. The van der Waals surface area contributed by atoms with Crippen LogP contribution in [0.15, 0.2) is 41.3 Å². The Morgan fingerprint density at radius 1 is 1.12 bits per heavy atom. The van der Waals surface area contributed by atoms with Gasteiger partial charge in [-0.3, -0.25) is 4.79 Å². The lowest BCUT2D eigenvalue weighted by Crippen LogP contribution is -2.30. The fourth-order valence-electron chi connectivity index (χ4n) is 2.68. The first-order valence-electron chi connectivity index (χ1n) is 8.43. The maximum Gasteiger partial charge on any atom is 0.256 e. The van der Waals surface area contributed by atoms with Crippen molar-refractivity contribution >= 4 is 21.6 Å². The number of benzene rings is 2. The smallest absolute Gasteiger partial charge is 0.256 e. The molecule has 6 nitrogen and oxygen atoms in total. The maximum atomic E-state index is 12.6. The summed E-state index contributed by atoms with van der Waals surface area (Å²) in [4.78, 5) is 12.6. The minimum absolute atomic E-state index is 0.0234. The average Bonchev–Trinajstić information content (AvgIpc) is 2.59. The first kappa shape index (κ1) is 19.9. The quantitative estimate of drug-likeness (QED) is 0.758. The molecule has 0 aliphatic carbocycles. The molecule has 2 aromatic carbocycles. The van der Waals surface area contributed by atoms with Crippen molar-refractivity contribution < 1.29 is 18.3 Å². The molecule has 0 aliphatic heterocycles. The summed E-state index contributed by atoms with van der Waals surface area (Å²) in [6.07, 6.45) is 0. The maximum absolute atomic E-state index is 12.6. The molecule has 0 spiro atoms. The van der Waals surface area contributed by atoms with Crippen molar-refractivity contribution in [1.82, 2.24) is 4.31 Å². The molecule has 0 unspecified atom stereocenters. The number of nitrogens with zero attached hydrogens (tertiary/aromatic N) is 1. The Balaban J connectivity index is 2.39. The molecular formula is C19H24N2O4S. The zero-order valence-electron chi connectivity index (χ0n) is 15.4. The minimum atomic E-state index is -3.68. The molecule has 2 rings (SSSR count). The van der Waals surface area contributed by atoms with E-state index in [1.807, 2.05) is 19.9 Å². The number of aryl methyl sites for hydroxylation is 1. The normalized spacial score (nSPS) is 11.6. The van der Waals surface area contributed by atoms with Crippen LogP contribution in [0.1, 0.15) is 35.3 Å². The minimum Gasteiger partial charge on any atom is -0.506 e. The Hall–Kier alpha value is -2.38. The second kappa shape index (κ2) is 7.88. The predicted octanol–water partition coefficient (Wildman–Crippen LogP) is 3.29. The second-order valence-corrected chi connectivity index (χ2v) is 7.91. The third kappa shape index (κ3) is 3.89. The molecule has 0 heterocycles. The molecule has 0 saturated carbocycles. The van der Waals surface area contributed by atoms with E-state index in [4.69, 9.17) is 0 Å². The van der Waals surface area contributed by atoms with Crippen LogP contribution in [0.4, 0.5) is 5.69 Å². The molecule has 26 heavy (non-hydrogen) atoms. The summed E-state index contributed by atoms with van der Waals surface area (Å²) in [6, 6.07) is 9.25. The molecule has 0 bridgehead atoms. The van der Waals surface area contributed by atoms with E-state index in [1.54, 1.807) is 26.0 Å². The molecule has 140 valence electrons. The lowest BCUT2D eigenvalue weighted by atomic mass is 10.0. The number of nitrogens with one attached hydrogen (secondary N) is 1. The van der Waals surface area contributed by atoms with Crippen LogP contribution >= 0.6 is 0 Å². The zero-order valence-corrected chi connectivity index (χ0v) is 16.2. The van der Waals surface area contributed by atoms with E-state index < -0.39 is 15.9 Å². The van der Waals surface area contributed by atoms with Gasteiger partial charge in [0.2, 0.25) is 10.0 Å². The highest BCUT2D eigenvalue weighted by molar-refractivity contribution is 7.89. The summed E-state index contributed by atoms with van der Waals surface area (Å²) in [5.74, 6) is -0.596. The van der Waals surface area contributed by atoms with Crippen molar-refractivity contribution in [3.63, 3.8) is 0 Å². The highest BCUT2D eigenvalue weighted by atomic mass is 32.2. The van der Waals surface area contributed by atoms with E-state index in [9.17, 15) is 18.3 Å². The number of aromatic hydroxyl groups is 1. The molecule has 0 radical (unpaired) electrons. The van der Waals surface area contributed by atoms with Gasteiger partial charge < -0.3 is 10.4 Å². The summed E-state index contributed by atoms with van der Waals surface area (Å²) in [7, 11) is -3.68. The van der Waals surface area contributed by atoms with Crippen molar-refractivity contribution in [2.75, 3.05) is 18.4 Å². The Morgan fingerprint density at radius 2 is 1.77 bits per heavy atom. The molecule has 0 saturated heterocycles. The highest BCUT2D eigenvalue weighted by Crippen LogP contribution is 2.28. The SMILES string of the molecule is CCN(CC)S(=O)(=O)c1ccc(O)c(NC(=O)c2cccc(C)c2C)c1. The second-order valence-electron chi connectivity index (χ2n) is 5.97. The van der Waals surface area contributed by atoms with Gasteiger partial charge in [-0.2, -0.15) is 4.31 Å². The predicted molar refractivity (Wildman–Crippen MR) is 102 cm³/mol. The Labute approximate surface area is 154 Å². The third-order valence-corrected chi connectivity index (χ3v) is 6.45. The molecule has 1 amide bonds. The number of amides is 1. The van der Waals surface area contributed by atoms with Crippen LogP contribution in [0.3, 0.4) is 0 Å². The van der Waals surface area contributed by atoms with Crippen LogP contribution in [0, 0.1) is 13.8 Å². The molecule has 2 N–H and O–H groups in total. The van der Waals surface area contributed by atoms with Crippen molar-refractivity contribution in [2.45, 2.75) is 32.6 Å². The number of hydrogen-bond acceptors (Lipinski definition) is 4. The molecule has 0 aliphatic rings. The summed E-state index contributed by atoms with van der Waals surface area (Å²) >= 11 is 0. The van der Waals surface area contributed by atoms with Crippen molar-refractivity contribution in [3.05, 3.63) is 53.1 Å². The molecular weight excluding hydrogens is 352 g/mol. The van der Waals surface area contributed by atoms with E-state index in [2.05, 4.69) is 5.32 Å². The van der Waals surface area contributed by atoms with Gasteiger partial charge in [0.05, 0.1) is 10.6 Å². The summed E-state index contributed by atoms with van der Waals surface area (Å²) in [5, 5.41) is 12.7. The van der Waals surface area contributed by atoms with Crippen molar-refractivity contribution in [2.24, 2.45) is 0 Å². The topological polar surface area (TPSA) is 86.7 Å². The third-order valence-electron chi connectivity index (χ3n) is 4.41. The van der Waals surface area contributed by atoms with Crippen LogP contribution in [-0.2, 0) is 10.0 Å². The zero-order chi connectivity index (χ0) is 19.5. The van der Waals surface area contributed by atoms with Crippen LogP contribution < -0.4 is 5.32 Å². The van der Waals surface area contributed by atoms with Gasteiger partial charge in [0.25, 0.3) is 5.91 Å². The van der Waals surface area contributed by atoms with Gasteiger partial charge in [0, 0.05) is 18.7 Å². The Kier molecular flexibility index (Phi) is 6.05. The average molecular weight is 376 g/mol. The van der Waals surface area contributed by atoms with Gasteiger partial charge in [0.1, 0.15) is 5.75 Å². The molecule has 7 heteroatoms. The lowest BCUT2D eigenvalue weighted by molar-refractivity contribution is 0.102. The Bertz CT molecular complexity index is 919. The standard InChI is InChI=1S/C19H24N2O4S/c1-5-21(6-2)26(24,25)15-10-11-18(22)17(12-15)20-19(23)16-9-7-8-13(3)14(16)4/h7-12,22H,5-6H2,1-4H3,(H,20,23). The molecule has 0 atom stereocenters. The monoisotopic (exact) mass is 376 g/mol. The molecule has 2 aromatic rings. The number of hydrogen-bond donors (Lipinski definition) is 2. The summed E-state index contributed by atoms with van der Waals surface area (Å²) < 4.78 is 26.6. The number of rotatable bonds is 6. The summed E-state index contributed by atoms with van der Waals surface area (Å²) in [5.41, 5.74) is 2.33.